The maximum absolute atomic E-state index is 12.6. The number of nitrogens with zero attached hydrogens (tertiary/aromatic N) is 1. The number of primary amides is 1. The van der Waals surface area contributed by atoms with Crippen molar-refractivity contribution < 1.29 is 18.0 Å². The fourth-order valence-electron chi connectivity index (χ4n) is 1.46. The summed E-state index contributed by atoms with van der Waals surface area (Å²) >= 11 is 0. The fourth-order valence-corrected chi connectivity index (χ4v) is 1.46. The summed E-state index contributed by atoms with van der Waals surface area (Å²) in [5.74, 6) is -1.03. The predicted octanol–water partition coefficient (Wildman–Crippen LogP) is 1.38. The lowest BCUT2D eigenvalue weighted by Gasteiger charge is -2.15. The number of carbonyl (C=O) groups is 1. The third-order valence-electron chi connectivity index (χ3n) is 2.18. The molecule has 1 heterocycles. The Morgan fingerprint density at radius 2 is 2.00 bits per heavy atom. The largest absolute Gasteiger partial charge is 0.431 e. The van der Waals surface area contributed by atoms with Gasteiger partial charge >= 0.3 is 6.18 Å². The van der Waals surface area contributed by atoms with Crippen LogP contribution in [0, 0.1) is 0 Å². The van der Waals surface area contributed by atoms with Gasteiger partial charge in [-0.25, -0.2) is 0 Å². The van der Waals surface area contributed by atoms with Crippen LogP contribution in [-0.4, -0.2) is 10.5 Å². The highest BCUT2D eigenvalue weighted by Crippen LogP contribution is 2.28. The zero-order chi connectivity index (χ0) is 13.2. The molecule has 0 saturated heterocycles. The molecular weight excluding hydrogens is 237 g/mol. The monoisotopic (exact) mass is 248 g/mol. The number of pyridine rings is 1. The maximum atomic E-state index is 12.6. The van der Waals surface area contributed by atoms with Gasteiger partial charge in [0.1, 0.15) is 11.3 Å². The van der Waals surface area contributed by atoms with Crippen molar-refractivity contribution in [3.63, 3.8) is 0 Å². The molecular formula is C10H11F3N2O2. The Morgan fingerprint density at radius 3 is 2.41 bits per heavy atom. The van der Waals surface area contributed by atoms with Gasteiger partial charge in [-0.2, -0.15) is 13.2 Å². The second-order valence-electron chi connectivity index (χ2n) is 3.45. The van der Waals surface area contributed by atoms with Crippen molar-refractivity contribution in [2.75, 3.05) is 0 Å². The van der Waals surface area contributed by atoms with Gasteiger partial charge in [0.05, 0.1) is 0 Å². The highest BCUT2D eigenvalue weighted by molar-refractivity contribution is 5.92. The van der Waals surface area contributed by atoms with Gasteiger partial charge in [0.2, 0.25) is 0 Å². The third kappa shape index (κ3) is 2.66. The predicted molar refractivity (Wildman–Crippen MR) is 54.5 cm³/mol. The maximum Gasteiger partial charge on any atom is 0.431 e. The molecule has 1 aromatic heterocycles. The Kier molecular flexibility index (Phi) is 3.59. The minimum absolute atomic E-state index is 0.116. The second-order valence-corrected chi connectivity index (χ2v) is 3.45. The summed E-state index contributed by atoms with van der Waals surface area (Å²) in [7, 11) is 0. The van der Waals surface area contributed by atoms with Crippen LogP contribution in [0.1, 0.15) is 29.4 Å². The molecule has 0 aliphatic carbocycles. The minimum atomic E-state index is -4.63. The highest BCUT2D eigenvalue weighted by atomic mass is 19.4. The first kappa shape index (κ1) is 13.3. The van der Waals surface area contributed by atoms with Crippen LogP contribution in [0.5, 0.6) is 0 Å². The van der Waals surface area contributed by atoms with Crippen LogP contribution in [0.3, 0.4) is 0 Å². The van der Waals surface area contributed by atoms with Crippen molar-refractivity contribution in [2.45, 2.75) is 26.1 Å². The number of carbonyl (C=O) groups excluding carboxylic acids is 1. The molecule has 4 nitrogen and oxygen atoms in total. The minimum Gasteiger partial charge on any atom is -0.365 e. The molecule has 1 rings (SSSR count). The average Bonchev–Trinajstić information content (AvgIpc) is 2.18. The summed E-state index contributed by atoms with van der Waals surface area (Å²) in [5, 5.41) is 0. The first-order valence-electron chi connectivity index (χ1n) is 4.90. The molecule has 0 fully saturated rings. The molecule has 2 N–H and O–H groups in total. The van der Waals surface area contributed by atoms with Crippen LogP contribution in [-0.2, 0) is 12.7 Å². The van der Waals surface area contributed by atoms with Crippen molar-refractivity contribution in [3.8, 4) is 0 Å². The highest BCUT2D eigenvalue weighted by Gasteiger charge is 2.34. The van der Waals surface area contributed by atoms with Gasteiger partial charge in [0, 0.05) is 6.54 Å². The van der Waals surface area contributed by atoms with Crippen LogP contribution in [0.15, 0.2) is 16.9 Å². The van der Waals surface area contributed by atoms with Gasteiger partial charge < -0.3 is 10.3 Å². The molecule has 0 aliphatic heterocycles. The van der Waals surface area contributed by atoms with E-state index in [0.717, 1.165) is 6.07 Å². The smallest absolute Gasteiger partial charge is 0.365 e. The molecule has 0 aliphatic rings. The Hall–Kier alpha value is -1.79. The molecule has 1 amide bonds. The number of alkyl halides is 3. The van der Waals surface area contributed by atoms with E-state index in [1.165, 1.54) is 0 Å². The van der Waals surface area contributed by atoms with Crippen LogP contribution in [0.25, 0.3) is 0 Å². The second kappa shape index (κ2) is 4.60. The molecule has 7 heteroatoms. The van der Waals surface area contributed by atoms with E-state index in [1.807, 2.05) is 0 Å². The molecule has 0 spiro atoms. The van der Waals surface area contributed by atoms with E-state index in [0.29, 0.717) is 17.1 Å². The normalized spacial score (nSPS) is 11.5. The summed E-state index contributed by atoms with van der Waals surface area (Å²) in [6.07, 6.45) is -4.30. The van der Waals surface area contributed by atoms with Crippen molar-refractivity contribution >= 4 is 5.91 Å². The standard InChI is InChI=1S/C10H11F3N2O2/c1-2-5-15-7(10(11,12)13)4-3-6(8(14)16)9(15)17/h3-4H,2,5H2,1H3,(H2,14,16). The Bertz CT molecular complexity index is 491. The third-order valence-corrected chi connectivity index (χ3v) is 2.18. The van der Waals surface area contributed by atoms with E-state index in [4.69, 9.17) is 5.73 Å². The lowest BCUT2D eigenvalue weighted by atomic mass is 10.2. The van der Waals surface area contributed by atoms with Crippen LogP contribution < -0.4 is 11.3 Å². The van der Waals surface area contributed by atoms with Gasteiger partial charge in [-0.15, -0.1) is 0 Å². The van der Waals surface area contributed by atoms with Gasteiger partial charge in [-0.3, -0.25) is 9.59 Å². The Labute approximate surface area is 94.8 Å². The summed E-state index contributed by atoms with van der Waals surface area (Å²) < 4.78 is 38.4. The first-order valence-corrected chi connectivity index (χ1v) is 4.90. The fraction of sp³-hybridized carbons (Fsp3) is 0.400. The number of amides is 1. The number of aromatic nitrogens is 1. The van der Waals surface area contributed by atoms with Crippen molar-refractivity contribution in [2.24, 2.45) is 5.73 Å². The topological polar surface area (TPSA) is 65.1 Å². The molecule has 0 saturated carbocycles. The SMILES string of the molecule is CCCn1c(C(F)(F)F)ccc(C(N)=O)c1=O. The van der Waals surface area contributed by atoms with Gasteiger partial charge in [-0.05, 0) is 18.6 Å². The molecule has 94 valence electrons. The van der Waals surface area contributed by atoms with Crippen LogP contribution >= 0.6 is 0 Å². The van der Waals surface area contributed by atoms with Crippen molar-refractivity contribution in [1.82, 2.24) is 4.57 Å². The van der Waals surface area contributed by atoms with E-state index in [-0.39, 0.29) is 6.54 Å². The zero-order valence-electron chi connectivity index (χ0n) is 9.04. The average molecular weight is 248 g/mol. The number of hydrogen-bond donors (Lipinski definition) is 1. The van der Waals surface area contributed by atoms with Crippen molar-refractivity contribution in [3.05, 3.63) is 33.7 Å². The number of hydrogen-bond acceptors (Lipinski definition) is 2. The van der Waals surface area contributed by atoms with E-state index < -0.39 is 28.9 Å². The van der Waals surface area contributed by atoms with Gasteiger partial charge in [-0.1, -0.05) is 6.92 Å². The number of halogens is 3. The van der Waals surface area contributed by atoms with Gasteiger partial charge in [0.25, 0.3) is 11.5 Å². The Balaban J connectivity index is 3.51. The molecule has 0 bridgehead atoms. The lowest BCUT2D eigenvalue weighted by molar-refractivity contribution is -0.144. The molecule has 0 unspecified atom stereocenters. The van der Waals surface area contributed by atoms with Gasteiger partial charge in [0.15, 0.2) is 0 Å². The number of nitrogens with two attached hydrogens (primary N) is 1. The summed E-state index contributed by atoms with van der Waals surface area (Å²) in [4.78, 5) is 22.5. The Morgan fingerprint density at radius 1 is 1.41 bits per heavy atom. The molecule has 0 aromatic carbocycles. The number of rotatable bonds is 3. The summed E-state index contributed by atoms with van der Waals surface area (Å²) in [5.41, 5.74) is 2.39. The quantitative estimate of drug-likeness (QED) is 0.878. The van der Waals surface area contributed by atoms with E-state index in [1.54, 1.807) is 6.92 Å². The van der Waals surface area contributed by atoms with E-state index in [9.17, 15) is 22.8 Å². The summed E-state index contributed by atoms with van der Waals surface area (Å²) in [6, 6.07) is 1.50. The lowest BCUT2D eigenvalue weighted by Crippen LogP contribution is -2.33. The molecule has 0 radical (unpaired) electrons. The van der Waals surface area contributed by atoms with Crippen molar-refractivity contribution in [1.29, 1.82) is 0 Å². The van der Waals surface area contributed by atoms with E-state index in [2.05, 4.69) is 0 Å². The molecule has 17 heavy (non-hydrogen) atoms. The molecule has 1 aromatic rings. The zero-order valence-corrected chi connectivity index (χ0v) is 9.04. The summed E-state index contributed by atoms with van der Waals surface area (Å²) in [6.45, 7) is 1.51. The first-order chi connectivity index (χ1) is 7.79. The van der Waals surface area contributed by atoms with Crippen LogP contribution in [0.2, 0.25) is 0 Å². The van der Waals surface area contributed by atoms with Crippen LogP contribution in [0.4, 0.5) is 13.2 Å². The van der Waals surface area contributed by atoms with E-state index >= 15 is 0 Å². The molecule has 0 atom stereocenters.